The SMILES string of the molecule is CCC(C)c1ccc(N2C(=O)/C(=C\c3ccc(C(=O)O)cc3)SC2=S)cc1. The van der Waals surface area contributed by atoms with Gasteiger partial charge in [-0.3, -0.25) is 9.69 Å². The number of thioether (sulfide) groups is 1. The Bertz CT molecular complexity index is 917. The van der Waals surface area contributed by atoms with Crippen LogP contribution in [-0.4, -0.2) is 21.3 Å². The summed E-state index contributed by atoms with van der Waals surface area (Å²) in [5, 5.41) is 8.97. The molecule has 3 rings (SSSR count). The molecule has 2 aromatic carbocycles. The van der Waals surface area contributed by atoms with Gasteiger partial charge < -0.3 is 5.11 Å². The maximum absolute atomic E-state index is 12.8. The zero-order valence-electron chi connectivity index (χ0n) is 15.0. The largest absolute Gasteiger partial charge is 0.478 e. The van der Waals surface area contributed by atoms with E-state index in [1.54, 1.807) is 18.2 Å². The molecule has 1 heterocycles. The van der Waals surface area contributed by atoms with Crippen LogP contribution in [0.2, 0.25) is 0 Å². The first-order chi connectivity index (χ1) is 12.9. The first-order valence-electron chi connectivity index (χ1n) is 8.62. The fraction of sp³-hybridized carbons (Fsp3) is 0.190. The van der Waals surface area contributed by atoms with Gasteiger partial charge in [-0.25, -0.2) is 4.79 Å². The monoisotopic (exact) mass is 397 g/mol. The van der Waals surface area contributed by atoms with Crippen molar-refractivity contribution in [3.8, 4) is 0 Å². The molecule has 138 valence electrons. The van der Waals surface area contributed by atoms with Crippen molar-refractivity contribution in [2.75, 3.05) is 4.90 Å². The summed E-state index contributed by atoms with van der Waals surface area (Å²) >= 11 is 6.65. The van der Waals surface area contributed by atoms with E-state index in [0.29, 0.717) is 15.1 Å². The van der Waals surface area contributed by atoms with Crippen LogP contribution in [0.1, 0.15) is 47.7 Å². The van der Waals surface area contributed by atoms with Gasteiger partial charge in [0.05, 0.1) is 16.2 Å². The first kappa shape index (κ1) is 19.3. The normalized spacial score (nSPS) is 16.8. The van der Waals surface area contributed by atoms with Gasteiger partial charge in [-0.1, -0.05) is 62.1 Å². The van der Waals surface area contributed by atoms with Crippen LogP contribution in [-0.2, 0) is 4.79 Å². The number of carboxylic acid groups (broad SMARTS) is 1. The fourth-order valence-corrected chi connectivity index (χ4v) is 4.05. The van der Waals surface area contributed by atoms with Crippen molar-refractivity contribution in [3.05, 3.63) is 70.1 Å². The Morgan fingerprint density at radius 2 is 1.81 bits per heavy atom. The van der Waals surface area contributed by atoms with Crippen molar-refractivity contribution in [3.63, 3.8) is 0 Å². The lowest BCUT2D eigenvalue weighted by molar-refractivity contribution is -0.113. The van der Waals surface area contributed by atoms with Crippen LogP contribution in [0.4, 0.5) is 5.69 Å². The topological polar surface area (TPSA) is 57.6 Å². The molecule has 0 spiro atoms. The van der Waals surface area contributed by atoms with E-state index in [1.165, 1.54) is 34.4 Å². The second-order valence-corrected chi connectivity index (χ2v) is 8.02. The van der Waals surface area contributed by atoms with Gasteiger partial charge in [-0.15, -0.1) is 0 Å². The number of aromatic carboxylic acids is 1. The number of carbonyl (C=O) groups excluding carboxylic acids is 1. The van der Waals surface area contributed by atoms with Gasteiger partial charge in [0.2, 0.25) is 0 Å². The van der Waals surface area contributed by atoms with E-state index >= 15 is 0 Å². The van der Waals surface area contributed by atoms with Crippen molar-refractivity contribution in [1.29, 1.82) is 0 Å². The number of thiocarbonyl (C=S) groups is 1. The standard InChI is InChI=1S/C21H19NO3S2/c1-3-13(2)15-8-10-17(11-9-15)22-19(23)18(27-21(22)26)12-14-4-6-16(7-5-14)20(24)25/h4-13H,3H2,1-2H3,(H,24,25)/b18-12+. The summed E-state index contributed by atoms with van der Waals surface area (Å²) in [6.45, 7) is 4.32. The van der Waals surface area contributed by atoms with E-state index in [4.69, 9.17) is 17.3 Å². The predicted molar refractivity (Wildman–Crippen MR) is 114 cm³/mol. The zero-order valence-corrected chi connectivity index (χ0v) is 16.6. The Labute approximate surface area is 167 Å². The highest BCUT2D eigenvalue weighted by Crippen LogP contribution is 2.36. The van der Waals surface area contributed by atoms with E-state index in [-0.39, 0.29) is 11.5 Å². The second-order valence-electron chi connectivity index (χ2n) is 6.35. The number of carboxylic acids is 1. The van der Waals surface area contributed by atoms with Gasteiger partial charge in [-0.2, -0.15) is 0 Å². The molecule has 4 nitrogen and oxygen atoms in total. The number of rotatable bonds is 5. The van der Waals surface area contributed by atoms with Gasteiger partial charge in [0.25, 0.3) is 5.91 Å². The highest BCUT2D eigenvalue weighted by molar-refractivity contribution is 8.27. The smallest absolute Gasteiger partial charge is 0.335 e. The third-order valence-corrected chi connectivity index (χ3v) is 5.88. The maximum Gasteiger partial charge on any atom is 0.335 e. The zero-order chi connectivity index (χ0) is 19.6. The van der Waals surface area contributed by atoms with Crippen molar-refractivity contribution >= 4 is 51.9 Å². The number of benzene rings is 2. The molecule has 0 saturated carbocycles. The van der Waals surface area contributed by atoms with E-state index in [0.717, 1.165) is 17.7 Å². The fourth-order valence-electron chi connectivity index (χ4n) is 2.75. The van der Waals surface area contributed by atoms with Crippen LogP contribution in [0.15, 0.2) is 53.4 Å². The summed E-state index contributed by atoms with van der Waals surface area (Å²) < 4.78 is 0.490. The lowest BCUT2D eigenvalue weighted by Gasteiger charge is -2.16. The average Bonchev–Trinajstić information content (AvgIpc) is 2.95. The van der Waals surface area contributed by atoms with Crippen LogP contribution in [0.25, 0.3) is 6.08 Å². The minimum absolute atomic E-state index is 0.163. The van der Waals surface area contributed by atoms with Crippen molar-refractivity contribution in [1.82, 2.24) is 0 Å². The molecule has 1 aliphatic heterocycles. The van der Waals surface area contributed by atoms with Gasteiger partial charge in [-0.05, 0) is 53.8 Å². The molecule has 1 aliphatic rings. The predicted octanol–water partition coefficient (Wildman–Crippen LogP) is 5.30. The van der Waals surface area contributed by atoms with Crippen LogP contribution in [0, 0.1) is 0 Å². The summed E-state index contributed by atoms with van der Waals surface area (Å²) in [5.74, 6) is -0.670. The summed E-state index contributed by atoms with van der Waals surface area (Å²) in [5.41, 5.74) is 2.96. The molecular formula is C21H19NO3S2. The molecule has 6 heteroatoms. The quantitative estimate of drug-likeness (QED) is 0.548. The highest BCUT2D eigenvalue weighted by Gasteiger charge is 2.33. The number of carbonyl (C=O) groups is 2. The van der Waals surface area contributed by atoms with Gasteiger partial charge in [0.1, 0.15) is 0 Å². The average molecular weight is 398 g/mol. The Kier molecular flexibility index (Phi) is 5.77. The van der Waals surface area contributed by atoms with Gasteiger partial charge in [0, 0.05) is 0 Å². The number of amides is 1. The van der Waals surface area contributed by atoms with Gasteiger partial charge >= 0.3 is 5.97 Å². The molecule has 1 atom stereocenters. The molecule has 27 heavy (non-hydrogen) atoms. The highest BCUT2D eigenvalue weighted by atomic mass is 32.2. The third-order valence-electron chi connectivity index (χ3n) is 4.58. The molecule has 1 amide bonds. The molecule has 1 N–H and O–H groups in total. The molecule has 2 aromatic rings. The number of nitrogens with zero attached hydrogens (tertiary/aromatic N) is 1. The first-order valence-corrected chi connectivity index (χ1v) is 9.84. The number of anilines is 1. The van der Waals surface area contributed by atoms with Crippen LogP contribution in [0.3, 0.4) is 0 Å². The van der Waals surface area contributed by atoms with Gasteiger partial charge in [0.15, 0.2) is 4.32 Å². The molecular weight excluding hydrogens is 378 g/mol. The molecule has 1 fully saturated rings. The Hall–Kier alpha value is -2.44. The van der Waals surface area contributed by atoms with E-state index in [1.807, 2.05) is 24.3 Å². The summed E-state index contributed by atoms with van der Waals surface area (Å²) in [7, 11) is 0. The molecule has 1 saturated heterocycles. The Balaban J connectivity index is 1.83. The van der Waals surface area contributed by atoms with E-state index in [2.05, 4.69) is 13.8 Å². The summed E-state index contributed by atoms with van der Waals surface area (Å²) in [4.78, 5) is 25.8. The molecule has 0 aliphatic carbocycles. The minimum atomic E-state index is -0.978. The Morgan fingerprint density at radius 1 is 1.19 bits per heavy atom. The van der Waals surface area contributed by atoms with E-state index in [9.17, 15) is 9.59 Å². The Morgan fingerprint density at radius 3 is 2.37 bits per heavy atom. The lowest BCUT2D eigenvalue weighted by Crippen LogP contribution is -2.27. The van der Waals surface area contributed by atoms with Crippen molar-refractivity contribution in [2.24, 2.45) is 0 Å². The second kappa shape index (κ2) is 8.06. The summed E-state index contributed by atoms with van der Waals surface area (Å²) in [6, 6.07) is 14.3. The van der Waals surface area contributed by atoms with Crippen molar-refractivity contribution in [2.45, 2.75) is 26.2 Å². The molecule has 1 unspecified atom stereocenters. The lowest BCUT2D eigenvalue weighted by atomic mass is 9.98. The number of hydrogen-bond acceptors (Lipinski definition) is 4. The minimum Gasteiger partial charge on any atom is -0.478 e. The van der Waals surface area contributed by atoms with E-state index < -0.39 is 5.97 Å². The van der Waals surface area contributed by atoms with Crippen LogP contribution in [0.5, 0.6) is 0 Å². The van der Waals surface area contributed by atoms with Crippen LogP contribution >= 0.6 is 24.0 Å². The maximum atomic E-state index is 12.8. The van der Waals surface area contributed by atoms with Crippen molar-refractivity contribution < 1.29 is 14.7 Å². The van der Waals surface area contributed by atoms with Crippen LogP contribution < -0.4 is 4.90 Å². The summed E-state index contributed by atoms with van der Waals surface area (Å²) in [6.07, 6.45) is 2.79. The number of hydrogen-bond donors (Lipinski definition) is 1. The molecule has 0 bridgehead atoms. The third kappa shape index (κ3) is 4.12. The molecule has 0 radical (unpaired) electrons. The molecule has 0 aromatic heterocycles.